The minimum Gasteiger partial charge on any atom is -0.269 e. The lowest BCUT2D eigenvalue weighted by Crippen LogP contribution is -2.47. The topological polar surface area (TPSA) is 78.0 Å². The smallest absolute Gasteiger partial charge is 0.262 e. The van der Waals surface area contributed by atoms with Gasteiger partial charge in [0.25, 0.3) is 23.6 Å². The number of hydrogen-bond acceptors (Lipinski definition) is 5. The number of fused-ring (bicyclic) bond motifs is 2. The Morgan fingerprint density at radius 3 is 1.19 bits per heavy atom. The molecule has 2 aromatic carbocycles. The molecule has 7 nitrogen and oxygen atoms in total. The van der Waals surface area contributed by atoms with Crippen LogP contribution in [0.4, 0.5) is 0 Å². The summed E-state index contributed by atoms with van der Waals surface area (Å²) in [7, 11) is 0. The lowest BCUT2D eigenvalue weighted by molar-refractivity contribution is 0.0408. The molecule has 2 aromatic rings. The normalized spacial score (nSPS) is 15.8. The van der Waals surface area contributed by atoms with Gasteiger partial charge in [0, 0.05) is 0 Å². The summed E-state index contributed by atoms with van der Waals surface area (Å²) in [6, 6.07) is 13.3. The minimum atomic E-state index is -0.364. The molecule has 4 amide bonds. The summed E-state index contributed by atoms with van der Waals surface area (Å²) in [4.78, 5) is 54.1. The van der Waals surface area contributed by atoms with Gasteiger partial charge in [0.15, 0.2) is 0 Å². The molecule has 2 aliphatic heterocycles. The van der Waals surface area contributed by atoms with E-state index in [1.54, 1.807) is 53.4 Å². The number of carbonyl (C=O) groups is 4. The number of amides is 4. The number of imide groups is 2. The summed E-state index contributed by atoms with van der Waals surface area (Å²) in [6.45, 7) is 2.32. The van der Waals surface area contributed by atoms with Crippen LogP contribution in [0.2, 0.25) is 0 Å². The quantitative estimate of drug-likeness (QED) is 0.757. The zero-order valence-electron chi connectivity index (χ0n) is 14.7. The Morgan fingerprint density at radius 1 is 0.630 bits per heavy atom. The summed E-state index contributed by atoms with van der Waals surface area (Å²) in [5.74, 6) is -1.46. The first-order valence-electron chi connectivity index (χ1n) is 8.65. The van der Waals surface area contributed by atoms with Gasteiger partial charge in [-0.25, -0.2) is 0 Å². The maximum atomic E-state index is 12.5. The van der Waals surface area contributed by atoms with Crippen LogP contribution in [0, 0.1) is 0 Å². The van der Waals surface area contributed by atoms with Crippen LogP contribution < -0.4 is 0 Å². The Bertz CT molecular complexity index is 837. The molecule has 0 N–H and O–H groups in total. The first kappa shape index (κ1) is 17.1. The number of hydrogen-bond donors (Lipinski definition) is 0. The van der Waals surface area contributed by atoms with Crippen LogP contribution in [-0.2, 0) is 0 Å². The van der Waals surface area contributed by atoms with Crippen LogP contribution >= 0.6 is 0 Å². The molecule has 0 bridgehead atoms. The summed E-state index contributed by atoms with van der Waals surface area (Å²) < 4.78 is 0. The van der Waals surface area contributed by atoms with Crippen molar-refractivity contribution in [2.75, 3.05) is 19.9 Å². The van der Waals surface area contributed by atoms with E-state index in [9.17, 15) is 19.2 Å². The number of nitrogens with zero attached hydrogens (tertiary/aromatic N) is 3. The van der Waals surface area contributed by atoms with Crippen LogP contribution in [0.15, 0.2) is 48.5 Å². The van der Waals surface area contributed by atoms with Crippen molar-refractivity contribution in [3.63, 3.8) is 0 Å². The molecular formula is C20H17N3O4. The molecule has 0 aromatic heterocycles. The maximum Gasteiger partial charge on any atom is 0.262 e. The standard InChI is InChI=1S/C20H17N3O4/c1-2-21(11-22-17(24)13-7-3-4-8-14(13)18(22)25)12-23-19(26)15-9-5-6-10-16(15)20(23)27/h3-10H,2,11-12H2,1H3. The van der Waals surface area contributed by atoms with Gasteiger partial charge in [-0.2, -0.15) is 0 Å². The van der Waals surface area contributed by atoms with Crippen molar-refractivity contribution in [1.82, 2.24) is 14.7 Å². The van der Waals surface area contributed by atoms with Crippen molar-refractivity contribution in [2.24, 2.45) is 0 Å². The van der Waals surface area contributed by atoms with E-state index in [0.717, 1.165) is 9.80 Å². The number of carbonyl (C=O) groups excluding carboxylic acids is 4. The third kappa shape index (κ3) is 2.63. The van der Waals surface area contributed by atoms with Crippen LogP contribution in [0.3, 0.4) is 0 Å². The third-order valence-corrected chi connectivity index (χ3v) is 4.89. The van der Waals surface area contributed by atoms with Crippen molar-refractivity contribution in [1.29, 1.82) is 0 Å². The molecule has 0 saturated heterocycles. The van der Waals surface area contributed by atoms with Gasteiger partial charge in [0.05, 0.1) is 35.6 Å². The second-order valence-corrected chi connectivity index (χ2v) is 6.44. The zero-order valence-corrected chi connectivity index (χ0v) is 14.7. The Morgan fingerprint density at radius 2 is 0.926 bits per heavy atom. The predicted molar refractivity (Wildman–Crippen MR) is 96.0 cm³/mol. The van der Waals surface area contributed by atoms with Gasteiger partial charge in [0.2, 0.25) is 0 Å². The summed E-state index contributed by atoms with van der Waals surface area (Å²) in [5.41, 5.74) is 1.50. The monoisotopic (exact) mass is 363 g/mol. The van der Waals surface area contributed by atoms with Gasteiger partial charge < -0.3 is 0 Å². The van der Waals surface area contributed by atoms with E-state index in [1.165, 1.54) is 0 Å². The van der Waals surface area contributed by atoms with E-state index >= 15 is 0 Å². The second-order valence-electron chi connectivity index (χ2n) is 6.44. The van der Waals surface area contributed by atoms with Crippen molar-refractivity contribution >= 4 is 23.6 Å². The molecule has 0 atom stereocenters. The van der Waals surface area contributed by atoms with Gasteiger partial charge >= 0.3 is 0 Å². The Labute approximate surface area is 155 Å². The third-order valence-electron chi connectivity index (χ3n) is 4.89. The summed E-state index contributed by atoms with van der Waals surface area (Å²) in [6.07, 6.45) is 0. The zero-order chi connectivity index (χ0) is 19.1. The SMILES string of the molecule is CCN(CN1C(=O)c2ccccc2C1=O)CN1C(=O)c2ccccc2C1=O. The highest BCUT2D eigenvalue weighted by Gasteiger charge is 2.39. The fourth-order valence-corrected chi connectivity index (χ4v) is 3.38. The average Bonchev–Trinajstić information content (AvgIpc) is 3.08. The fraction of sp³-hybridized carbons (Fsp3) is 0.200. The van der Waals surface area contributed by atoms with Gasteiger partial charge in [-0.15, -0.1) is 0 Å². The Balaban J connectivity index is 1.52. The molecule has 0 radical (unpaired) electrons. The molecule has 2 aliphatic rings. The molecule has 0 aliphatic carbocycles. The summed E-state index contributed by atoms with van der Waals surface area (Å²) >= 11 is 0. The van der Waals surface area contributed by atoms with Crippen molar-refractivity contribution in [3.8, 4) is 0 Å². The van der Waals surface area contributed by atoms with E-state index in [0.29, 0.717) is 28.8 Å². The molecule has 0 spiro atoms. The van der Waals surface area contributed by atoms with E-state index in [4.69, 9.17) is 0 Å². The van der Waals surface area contributed by atoms with Crippen molar-refractivity contribution in [3.05, 3.63) is 70.8 Å². The lowest BCUT2D eigenvalue weighted by atomic mass is 10.1. The molecule has 7 heteroatoms. The van der Waals surface area contributed by atoms with Crippen molar-refractivity contribution < 1.29 is 19.2 Å². The lowest BCUT2D eigenvalue weighted by Gasteiger charge is -2.28. The fourth-order valence-electron chi connectivity index (χ4n) is 3.38. The maximum absolute atomic E-state index is 12.5. The molecule has 2 heterocycles. The Hall–Kier alpha value is -3.32. The average molecular weight is 363 g/mol. The van der Waals surface area contributed by atoms with Gasteiger partial charge in [-0.05, 0) is 30.8 Å². The summed E-state index contributed by atoms with van der Waals surface area (Å²) in [5, 5.41) is 0. The van der Waals surface area contributed by atoms with Crippen LogP contribution in [0.25, 0.3) is 0 Å². The molecule has 27 heavy (non-hydrogen) atoms. The first-order valence-corrected chi connectivity index (χ1v) is 8.65. The predicted octanol–water partition coefficient (Wildman–Crippen LogP) is 1.82. The molecule has 0 saturated carbocycles. The van der Waals surface area contributed by atoms with E-state index in [-0.39, 0.29) is 37.0 Å². The van der Waals surface area contributed by atoms with Gasteiger partial charge in [-0.1, -0.05) is 31.2 Å². The van der Waals surface area contributed by atoms with E-state index < -0.39 is 0 Å². The minimum absolute atomic E-state index is 0.0102. The molecule has 0 unspecified atom stereocenters. The highest BCUT2D eigenvalue weighted by molar-refractivity contribution is 6.22. The number of rotatable bonds is 5. The van der Waals surface area contributed by atoms with Gasteiger partial charge in [0.1, 0.15) is 0 Å². The molecule has 0 fully saturated rings. The number of benzene rings is 2. The highest BCUT2D eigenvalue weighted by atomic mass is 16.2. The first-order chi connectivity index (χ1) is 13.0. The highest BCUT2D eigenvalue weighted by Crippen LogP contribution is 2.25. The van der Waals surface area contributed by atoms with Crippen LogP contribution in [0.5, 0.6) is 0 Å². The molecular weight excluding hydrogens is 346 g/mol. The Kier molecular flexibility index (Phi) is 4.08. The van der Waals surface area contributed by atoms with Crippen molar-refractivity contribution in [2.45, 2.75) is 6.92 Å². The van der Waals surface area contributed by atoms with Crippen LogP contribution in [-0.4, -0.2) is 58.2 Å². The van der Waals surface area contributed by atoms with Crippen LogP contribution in [0.1, 0.15) is 48.4 Å². The second kappa shape index (κ2) is 6.44. The largest absolute Gasteiger partial charge is 0.269 e. The molecule has 4 rings (SSSR count). The van der Waals surface area contributed by atoms with E-state index in [2.05, 4.69) is 0 Å². The van der Waals surface area contributed by atoms with E-state index in [1.807, 2.05) is 6.92 Å². The molecule has 136 valence electrons. The van der Waals surface area contributed by atoms with Gasteiger partial charge in [-0.3, -0.25) is 33.9 Å².